The molecule has 0 amide bonds. The van der Waals surface area contributed by atoms with Crippen LogP contribution in [0.1, 0.15) is 47.9 Å². The third-order valence-electron chi connectivity index (χ3n) is 5.71. The Balaban J connectivity index is 1.36. The molecule has 0 unspecified atom stereocenters. The number of carbonyl (C=O) groups is 3. The predicted molar refractivity (Wildman–Crippen MR) is 130 cm³/mol. The minimum absolute atomic E-state index is 0.0608. The lowest BCUT2D eigenvalue weighted by Gasteiger charge is -2.19. The van der Waals surface area contributed by atoms with Crippen molar-refractivity contribution in [1.29, 1.82) is 0 Å². The zero-order valence-corrected chi connectivity index (χ0v) is 19.7. The average Bonchev–Trinajstić information content (AvgIpc) is 3.38. The van der Waals surface area contributed by atoms with Gasteiger partial charge in [0.15, 0.2) is 23.1 Å². The van der Waals surface area contributed by atoms with E-state index in [-0.39, 0.29) is 40.4 Å². The number of thiazole rings is 1. The van der Waals surface area contributed by atoms with Crippen LogP contribution in [0.3, 0.4) is 0 Å². The highest BCUT2D eigenvalue weighted by Crippen LogP contribution is 2.34. The van der Waals surface area contributed by atoms with Gasteiger partial charge in [0, 0.05) is 33.2 Å². The summed E-state index contributed by atoms with van der Waals surface area (Å²) in [4.78, 5) is 43.5. The first-order valence-electron chi connectivity index (χ1n) is 10.7. The second kappa shape index (κ2) is 9.15. The van der Waals surface area contributed by atoms with Gasteiger partial charge in [-0.25, -0.2) is 9.78 Å². The van der Waals surface area contributed by atoms with E-state index in [0.29, 0.717) is 22.8 Å². The molecule has 0 bridgehead atoms. The molecule has 174 valence electrons. The van der Waals surface area contributed by atoms with Gasteiger partial charge in [-0.3, -0.25) is 9.59 Å². The van der Waals surface area contributed by atoms with Crippen molar-refractivity contribution < 1.29 is 28.6 Å². The number of carbonyl (C=O) groups excluding carboxylic acids is 3. The molecule has 35 heavy (non-hydrogen) atoms. The maximum absolute atomic E-state index is 13.1. The highest BCUT2D eigenvalue weighted by atomic mass is 32.1. The van der Waals surface area contributed by atoms with Gasteiger partial charge in [0.2, 0.25) is 0 Å². The zero-order valence-electron chi connectivity index (χ0n) is 18.9. The topological polar surface area (TPSA) is 91.8 Å². The molecule has 5 rings (SSSR count). The summed E-state index contributed by atoms with van der Waals surface area (Å²) in [5, 5.41) is 2.52. The van der Waals surface area contributed by atoms with Gasteiger partial charge in [0.25, 0.3) is 0 Å². The number of hydrogen-bond acceptors (Lipinski definition) is 8. The van der Waals surface area contributed by atoms with Crippen LogP contribution in [0.15, 0.2) is 66.0 Å². The third-order valence-corrected chi connectivity index (χ3v) is 6.65. The van der Waals surface area contributed by atoms with E-state index in [4.69, 9.17) is 14.2 Å². The Bertz CT molecular complexity index is 1490. The number of aromatic nitrogens is 1. The predicted octanol–water partition coefficient (Wildman–Crippen LogP) is 4.96. The molecule has 1 heterocycles. The molecule has 4 aromatic rings. The number of methoxy groups -OCH3 is 2. The molecule has 0 saturated carbocycles. The second-order valence-electron chi connectivity index (χ2n) is 7.72. The number of nitrogens with zero attached hydrogens (tertiary/aromatic N) is 1. The van der Waals surface area contributed by atoms with Crippen LogP contribution in [0, 0.1) is 0 Å². The number of hydrogen-bond donors (Lipinski definition) is 0. The summed E-state index contributed by atoms with van der Waals surface area (Å²) >= 11 is 1.40. The largest absolute Gasteiger partial charge is 0.493 e. The summed E-state index contributed by atoms with van der Waals surface area (Å²) in [5.41, 5.74) is 2.35. The summed E-state index contributed by atoms with van der Waals surface area (Å²) < 4.78 is 16.1. The fourth-order valence-corrected chi connectivity index (χ4v) is 4.81. The summed E-state index contributed by atoms with van der Waals surface area (Å²) in [6.07, 6.45) is 0. The molecule has 3 aromatic carbocycles. The maximum Gasteiger partial charge on any atom is 0.339 e. The molecule has 0 N–H and O–H groups in total. The molecule has 7 nitrogen and oxygen atoms in total. The lowest BCUT2D eigenvalue weighted by atomic mass is 9.82. The summed E-state index contributed by atoms with van der Waals surface area (Å²) in [7, 11) is 3.13. The molecule has 0 saturated heterocycles. The van der Waals surface area contributed by atoms with Crippen molar-refractivity contribution in [2.75, 3.05) is 14.2 Å². The van der Waals surface area contributed by atoms with Crippen LogP contribution in [0.4, 0.5) is 0 Å². The standard InChI is InChI=1S/C27H19NO6S/c1-32-21-11-10-15(12-22(21)33-2)26-28-16(14-35-26)13-34-27(31)20-9-5-8-19-23(20)25(30)18-7-4-3-6-17(18)24(19)29/h3-12,14H,13H2,1-2H3. The SMILES string of the molecule is COc1ccc(-c2nc(COC(=O)c3cccc4c3C(=O)c3ccccc3C4=O)cs2)cc1OC. The summed E-state index contributed by atoms with van der Waals surface area (Å²) in [6, 6.07) is 16.7. The van der Waals surface area contributed by atoms with Crippen molar-refractivity contribution in [3.63, 3.8) is 0 Å². The summed E-state index contributed by atoms with van der Waals surface area (Å²) in [6.45, 7) is -0.0784. The maximum atomic E-state index is 13.1. The molecule has 0 spiro atoms. The van der Waals surface area contributed by atoms with E-state index in [0.717, 1.165) is 10.6 Å². The fourth-order valence-electron chi connectivity index (χ4n) is 4.01. The zero-order chi connectivity index (χ0) is 24.5. The van der Waals surface area contributed by atoms with Crippen LogP contribution >= 0.6 is 11.3 Å². The number of benzene rings is 3. The van der Waals surface area contributed by atoms with Crippen molar-refractivity contribution in [1.82, 2.24) is 4.98 Å². The van der Waals surface area contributed by atoms with Crippen LogP contribution in [-0.2, 0) is 11.3 Å². The van der Waals surface area contributed by atoms with Crippen LogP contribution < -0.4 is 9.47 Å². The monoisotopic (exact) mass is 485 g/mol. The van der Waals surface area contributed by atoms with Gasteiger partial charge in [-0.2, -0.15) is 0 Å². The molecule has 1 aromatic heterocycles. The van der Waals surface area contributed by atoms with Crippen molar-refractivity contribution in [3.8, 4) is 22.1 Å². The Morgan fingerprint density at radius 1 is 0.857 bits per heavy atom. The number of ether oxygens (including phenoxy) is 3. The van der Waals surface area contributed by atoms with E-state index in [2.05, 4.69) is 4.98 Å². The summed E-state index contributed by atoms with van der Waals surface area (Å²) in [5.74, 6) is -0.147. The van der Waals surface area contributed by atoms with E-state index in [1.54, 1.807) is 62.1 Å². The third kappa shape index (κ3) is 3.98. The van der Waals surface area contributed by atoms with Gasteiger partial charge in [0.1, 0.15) is 11.6 Å². The normalized spacial score (nSPS) is 12.1. The first-order valence-corrected chi connectivity index (χ1v) is 11.5. The highest BCUT2D eigenvalue weighted by Gasteiger charge is 2.33. The lowest BCUT2D eigenvalue weighted by molar-refractivity contribution is 0.0466. The molecule has 0 aliphatic heterocycles. The Labute approximate surface area is 204 Å². The molecule has 8 heteroatoms. The minimum atomic E-state index is -0.692. The number of esters is 1. The van der Waals surface area contributed by atoms with Crippen LogP contribution in [0.25, 0.3) is 10.6 Å². The molecular weight excluding hydrogens is 466 g/mol. The smallest absolute Gasteiger partial charge is 0.339 e. The number of fused-ring (bicyclic) bond motifs is 2. The molecular formula is C27H19NO6S. The first-order chi connectivity index (χ1) is 17.0. The minimum Gasteiger partial charge on any atom is -0.493 e. The van der Waals surface area contributed by atoms with E-state index >= 15 is 0 Å². The Morgan fingerprint density at radius 3 is 2.31 bits per heavy atom. The highest BCUT2D eigenvalue weighted by molar-refractivity contribution is 7.13. The molecule has 0 fully saturated rings. The molecule has 1 aliphatic rings. The van der Waals surface area contributed by atoms with Gasteiger partial charge in [-0.05, 0) is 24.3 Å². The van der Waals surface area contributed by atoms with Crippen LogP contribution in [0.2, 0.25) is 0 Å². The van der Waals surface area contributed by atoms with Crippen molar-refractivity contribution in [2.45, 2.75) is 6.61 Å². The Hall–Kier alpha value is -4.30. The Morgan fingerprint density at radius 2 is 1.57 bits per heavy atom. The quantitative estimate of drug-likeness (QED) is 0.314. The van der Waals surface area contributed by atoms with Gasteiger partial charge in [0.05, 0.1) is 25.5 Å². The van der Waals surface area contributed by atoms with Crippen LogP contribution in [0.5, 0.6) is 11.5 Å². The van der Waals surface area contributed by atoms with Gasteiger partial charge >= 0.3 is 5.97 Å². The molecule has 1 aliphatic carbocycles. The number of rotatable bonds is 6. The average molecular weight is 486 g/mol. The lowest BCUT2D eigenvalue weighted by Crippen LogP contribution is -2.24. The first kappa shape index (κ1) is 22.5. The van der Waals surface area contributed by atoms with Gasteiger partial charge in [-0.1, -0.05) is 36.4 Å². The number of ketones is 2. The van der Waals surface area contributed by atoms with Crippen molar-refractivity contribution in [3.05, 3.63) is 99.6 Å². The van der Waals surface area contributed by atoms with E-state index in [9.17, 15) is 14.4 Å². The van der Waals surface area contributed by atoms with Crippen molar-refractivity contribution >= 4 is 28.9 Å². The van der Waals surface area contributed by atoms with Gasteiger partial charge in [-0.15, -0.1) is 11.3 Å². The van der Waals surface area contributed by atoms with E-state index in [1.807, 2.05) is 12.1 Å². The fraction of sp³-hybridized carbons (Fsp3) is 0.111. The van der Waals surface area contributed by atoms with E-state index < -0.39 is 5.97 Å². The van der Waals surface area contributed by atoms with Gasteiger partial charge < -0.3 is 14.2 Å². The van der Waals surface area contributed by atoms with Crippen LogP contribution in [-0.4, -0.2) is 36.7 Å². The Kier molecular flexibility index (Phi) is 5.88. The molecule has 0 atom stereocenters. The van der Waals surface area contributed by atoms with E-state index in [1.165, 1.54) is 17.4 Å². The second-order valence-corrected chi connectivity index (χ2v) is 8.58. The molecule has 0 radical (unpaired) electrons. The van der Waals surface area contributed by atoms with Crippen molar-refractivity contribution in [2.24, 2.45) is 0 Å².